The van der Waals surface area contributed by atoms with Crippen molar-refractivity contribution >= 4 is 22.8 Å². The highest BCUT2D eigenvalue weighted by atomic mass is 16.5. The van der Waals surface area contributed by atoms with E-state index in [1.165, 1.54) is 18.2 Å². The van der Waals surface area contributed by atoms with Crippen molar-refractivity contribution in [1.29, 1.82) is 0 Å². The Morgan fingerprint density at radius 1 is 1.00 bits per heavy atom. The summed E-state index contributed by atoms with van der Waals surface area (Å²) in [6.45, 7) is 1.47. The van der Waals surface area contributed by atoms with Crippen LogP contribution in [0.5, 0.6) is 0 Å². The molecule has 2 heterocycles. The Morgan fingerprint density at radius 3 is 2.33 bits per heavy atom. The van der Waals surface area contributed by atoms with Crippen LogP contribution in [0.2, 0.25) is 0 Å². The molecule has 1 aliphatic rings. The molecule has 0 saturated carbocycles. The van der Waals surface area contributed by atoms with Crippen molar-refractivity contribution < 1.29 is 14.3 Å². The maximum atomic E-state index is 12.7. The Hall–Kier alpha value is -3.08. The number of aromatic nitrogens is 1. The lowest BCUT2D eigenvalue weighted by atomic mass is 9.93. The topological polar surface area (TPSA) is 62.4 Å². The molecule has 1 N–H and O–H groups in total. The summed E-state index contributed by atoms with van der Waals surface area (Å²) in [5, 5.41) is 1.23. The number of carbonyl (C=O) groups is 2. The number of likely N-dealkylation sites (tertiary alicyclic amines) is 1. The molecule has 27 heavy (non-hydrogen) atoms. The third kappa shape index (κ3) is 3.45. The van der Waals surface area contributed by atoms with Gasteiger partial charge in [0.05, 0.1) is 12.7 Å². The van der Waals surface area contributed by atoms with E-state index in [0.29, 0.717) is 17.0 Å². The predicted molar refractivity (Wildman–Crippen MR) is 104 cm³/mol. The Kier molecular flexibility index (Phi) is 4.67. The molecule has 1 aliphatic heterocycles. The highest BCUT2D eigenvalue weighted by molar-refractivity contribution is 5.96. The quantitative estimate of drug-likeness (QED) is 0.717. The molecule has 5 heteroatoms. The number of fused-ring (bicyclic) bond motifs is 1. The summed E-state index contributed by atoms with van der Waals surface area (Å²) in [6, 6.07) is 17.2. The number of rotatable bonds is 3. The number of ether oxygens (including phenoxy) is 1. The molecule has 5 nitrogen and oxygen atoms in total. The molecule has 1 amide bonds. The van der Waals surface area contributed by atoms with E-state index in [4.69, 9.17) is 4.74 Å². The van der Waals surface area contributed by atoms with Crippen molar-refractivity contribution in [2.75, 3.05) is 20.2 Å². The number of methoxy groups -OCH3 is 1. The lowest BCUT2D eigenvalue weighted by molar-refractivity contribution is 0.0599. The fourth-order valence-electron chi connectivity index (χ4n) is 3.76. The van der Waals surface area contributed by atoms with Gasteiger partial charge in [0.2, 0.25) is 0 Å². The molecular formula is C22H22N2O3. The monoisotopic (exact) mass is 362 g/mol. The summed E-state index contributed by atoms with van der Waals surface area (Å²) in [7, 11) is 1.35. The van der Waals surface area contributed by atoms with Crippen LogP contribution in [0.15, 0.2) is 54.6 Å². The maximum Gasteiger partial charge on any atom is 0.337 e. The number of benzene rings is 2. The van der Waals surface area contributed by atoms with Crippen LogP contribution in [0.3, 0.4) is 0 Å². The van der Waals surface area contributed by atoms with Gasteiger partial charge >= 0.3 is 5.97 Å². The minimum atomic E-state index is -0.395. The van der Waals surface area contributed by atoms with Gasteiger partial charge < -0.3 is 14.6 Å². The molecular weight excluding hydrogens is 340 g/mol. The van der Waals surface area contributed by atoms with Gasteiger partial charge in [-0.3, -0.25) is 4.79 Å². The van der Waals surface area contributed by atoms with Crippen LogP contribution in [0.1, 0.15) is 45.2 Å². The van der Waals surface area contributed by atoms with Crippen molar-refractivity contribution in [3.63, 3.8) is 0 Å². The molecule has 4 rings (SSSR count). The highest BCUT2D eigenvalue weighted by Crippen LogP contribution is 2.30. The van der Waals surface area contributed by atoms with E-state index in [1.807, 2.05) is 17.0 Å². The zero-order chi connectivity index (χ0) is 18.8. The van der Waals surface area contributed by atoms with E-state index in [2.05, 4.69) is 23.2 Å². The molecule has 1 aromatic heterocycles. The molecule has 138 valence electrons. The number of nitrogens with zero attached hydrogens (tertiary/aromatic N) is 1. The van der Waals surface area contributed by atoms with Crippen molar-refractivity contribution in [3.8, 4) is 0 Å². The molecule has 0 aliphatic carbocycles. The van der Waals surface area contributed by atoms with Gasteiger partial charge in [-0.1, -0.05) is 18.2 Å². The van der Waals surface area contributed by atoms with Gasteiger partial charge in [0.25, 0.3) is 5.91 Å². The lowest BCUT2D eigenvalue weighted by Gasteiger charge is -2.31. The largest absolute Gasteiger partial charge is 0.465 e. The van der Waals surface area contributed by atoms with Crippen LogP contribution in [0.25, 0.3) is 10.9 Å². The van der Waals surface area contributed by atoms with Crippen molar-refractivity contribution in [2.45, 2.75) is 18.8 Å². The average molecular weight is 362 g/mol. The Balaban J connectivity index is 1.41. The summed E-state index contributed by atoms with van der Waals surface area (Å²) in [5.41, 5.74) is 3.47. The zero-order valence-electron chi connectivity index (χ0n) is 15.3. The summed E-state index contributed by atoms with van der Waals surface area (Å²) in [5.74, 6) is 0.0674. The van der Waals surface area contributed by atoms with Crippen molar-refractivity contribution in [1.82, 2.24) is 9.88 Å². The zero-order valence-corrected chi connectivity index (χ0v) is 15.3. The van der Waals surface area contributed by atoms with E-state index in [1.54, 1.807) is 24.3 Å². The minimum Gasteiger partial charge on any atom is -0.465 e. The van der Waals surface area contributed by atoms with E-state index in [0.717, 1.165) is 31.4 Å². The Labute approximate surface area is 157 Å². The number of esters is 1. The van der Waals surface area contributed by atoms with E-state index < -0.39 is 5.97 Å². The molecule has 2 aromatic carbocycles. The Morgan fingerprint density at radius 2 is 1.67 bits per heavy atom. The van der Waals surface area contributed by atoms with Crippen LogP contribution in [-0.2, 0) is 4.74 Å². The number of nitrogens with one attached hydrogen (secondary N) is 1. The number of aromatic amines is 1. The van der Waals surface area contributed by atoms with Gasteiger partial charge in [-0.25, -0.2) is 4.79 Å². The Bertz CT molecular complexity index is 934. The normalized spacial score (nSPS) is 15.1. The van der Waals surface area contributed by atoms with Crippen molar-refractivity contribution in [3.05, 3.63) is 71.4 Å². The highest BCUT2D eigenvalue weighted by Gasteiger charge is 2.25. The number of hydrogen-bond acceptors (Lipinski definition) is 3. The third-order valence-corrected chi connectivity index (χ3v) is 5.33. The summed E-state index contributed by atoms with van der Waals surface area (Å²) in [4.78, 5) is 29.7. The molecule has 1 fully saturated rings. The fourth-order valence-corrected chi connectivity index (χ4v) is 3.76. The first-order chi connectivity index (χ1) is 13.2. The van der Waals surface area contributed by atoms with Crippen LogP contribution >= 0.6 is 0 Å². The third-order valence-electron chi connectivity index (χ3n) is 5.33. The maximum absolute atomic E-state index is 12.7. The second-order valence-electron chi connectivity index (χ2n) is 6.95. The summed E-state index contributed by atoms with van der Waals surface area (Å²) in [6.07, 6.45) is 1.89. The smallest absolute Gasteiger partial charge is 0.337 e. The SMILES string of the molecule is COC(=O)c1ccc(C(=O)N2CCC(c3cc4ccccc4[nH]3)CC2)cc1. The number of carbonyl (C=O) groups excluding carboxylic acids is 2. The van der Waals surface area contributed by atoms with E-state index in [9.17, 15) is 9.59 Å². The van der Waals surface area contributed by atoms with Gasteiger partial charge in [-0.15, -0.1) is 0 Å². The van der Waals surface area contributed by atoms with Gasteiger partial charge in [0.15, 0.2) is 0 Å². The number of hydrogen-bond donors (Lipinski definition) is 1. The number of amides is 1. The fraction of sp³-hybridized carbons (Fsp3) is 0.273. The molecule has 1 saturated heterocycles. The van der Waals surface area contributed by atoms with Gasteiger partial charge in [0.1, 0.15) is 0 Å². The van der Waals surface area contributed by atoms with Crippen LogP contribution in [0, 0.1) is 0 Å². The summed E-state index contributed by atoms with van der Waals surface area (Å²) < 4.78 is 4.69. The van der Waals surface area contributed by atoms with E-state index in [-0.39, 0.29) is 5.91 Å². The first-order valence-corrected chi connectivity index (χ1v) is 9.21. The van der Waals surface area contributed by atoms with E-state index >= 15 is 0 Å². The molecule has 0 spiro atoms. The molecule has 3 aromatic rings. The first-order valence-electron chi connectivity index (χ1n) is 9.21. The van der Waals surface area contributed by atoms with Gasteiger partial charge in [0, 0.05) is 35.8 Å². The molecule has 0 atom stereocenters. The number of para-hydroxylation sites is 1. The second kappa shape index (κ2) is 7.27. The average Bonchev–Trinajstić information content (AvgIpc) is 3.17. The predicted octanol–water partition coefficient (Wildman–Crippen LogP) is 3.97. The van der Waals surface area contributed by atoms with Gasteiger partial charge in [-0.2, -0.15) is 0 Å². The van der Waals surface area contributed by atoms with Crippen LogP contribution < -0.4 is 0 Å². The second-order valence-corrected chi connectivity index (χ2v) is 6.95. The number of piperidine rings is 1. The van der Waals surface area contributed by atoms with Crippen LogP contribution in [0.4, 0.5) is 0 Å². The first kappa shape index (κ1) is 17.3. The standard InChI is InChI=1S/C22H22N2O3/c1-27-22(26)17-8-6-16(7-9-17)21(25)24-12-10-15(11-13-24)20-14-18-4-2-3-5-19(18)23-20/h2-9,14-15,23H,10-13H2,1H3. The lowest BCUT2D eigenvalue weighted by Crippen LogP contribution is -2.38. The molecule has 0 radical (unpaired) electrons. The summed E-state index contributed by atoms with van der Waals surface area (Å²) >= 11 is 0. The minimum absolute atomic E-state index is 0.0153. The molecule has 0 bridgehead atoms. The van der Waals surface area contributed by atoms with Crippen molar-refractivity contribution in [2.24, 2.45) is 0 Å². The van der Waals surface area contributed by atoms with Gasteiger partial charge in [-0.05, 0) is 54.6 Å². The van der Waals surface area contributed by atoms with Crippen LogP contribution in [-0.4, -0.2) is 42.0 Å². The number of H-pyrrole nitrogens is 1. The molecule has 0 unspecified atom stereocenters.